The number of phenols is 1. The highest BCUT2D eigenvalue weighted by atomic mass is 35.5. The molecule has 0 aliphatic carbocycles. The van der Waals surface area contributed by atoms with Gasteiger partial charge < -0.3 is 20.6 Å². The van der Waals surface area contributed by atoms with Gasteiger partial charge in [0.05, 0.1) is 14.9 Å². The van der Waals surface area contributed by atoms with Crippen molar-refractivity contribution < 1.29 is 14.7 Å². The molecular weight excluding hydrogens is 479 g/mol. The highest BCUT2D eigenvalue weighted by Crippen LogP contribution is 2.27. The average Bonchev–Trinajstić information content (AvgIpc) is 3.33. The lowest BCUT2D eigenvalue weighted by molar-refractivity contribution is 0.0954. The van der Waals surface area contributed by atoms with Gasteiger partial charge in [-0.05, 0) is 30.8 Å². The maximum Gasteiger partial charge on any atom is 0.284 e. The molecule has 4 rings (SSSR count). The number of phenolic OH excluding ortho intramolecular Hbond substituents is 1. The average molecular weight is 499 g/mol. The molecule has 0 spiro atoms. The summed E-state index contributed by atoms with van der Waals surface area (Å²) in [7, 11) is 2.04. The number of aromatic hydroxyl groups is 1. The number of benzene rings is 1. The van der Waals surface area contributed by atoms with Gasteiger partial charge in [-0.15, -0.1) is 35.1 Å². The zero-order chi connectivity index (χ0) is 21.3. The normalized spacial score (nSPS) is 13.2. The molecule has 3 aromatic rings. The minimum Gasteiger partial charge on any atom is -0.508 e. The molecule has 11 heteroatoms. The Morgan fingerprint density at radius 1 is 1.23 bits per heavy atom. The number of amides is 2. The van der Waals surface area contributed by atoms with Crippen molar-refractivity contribution >= 4 is 64.2 Å². The summed E-state index contributed by atoms with van der Waals surface area (Å²) in [4.78, 5) is 33.3. The van der Waals surface area contributed by atoms with Crippen molar-refractivity contribution in [2.24, 2.45) is 0 Å². The van der Waals surface area contributed by atoms with Gasteiger partial charge in [0, 0.05) is 42.7 Å². The molecule has 0 radical (unpaired) electrons. The van der Waals surface area contributed by atoms with Crippen molar-refractivity contribution in [3.8, 4) is 5.75 Å². The summed E-state index contributed by atoms with van der Waals surface area (Å²) in [5.41, 5.74) is 2.06. The Morgan fingerprint density at radius 3 is 2.77 bits per heavy atom. The van der Waals surface area contributed by atoms with Gasteiger partial charge >= 0.3 is 0 Å². The van der Waals surface area contributed by atoms with Gasteiger partial charge in [0.15, 0.2) is 5.01 Å². The molecule has 3 N–H and O–H groups in total. The van der Waals surface area contributed by atoms with Crippen LogP contribution in [-0.4, -0.2) is 40.4 Å². The highest BCUT2D eigenvalue weighted by molar-refractivity contribution is 7.18. The molecule has 164 valence electrons. The van der Waals surface area contributed by atoms with E-state index in [2.05, 4.69) is 20.5 Å². The molecule has 7 nitrogen and oxygen atoms in total. The second kappa shape index (κ2) is 9.97. The largest absolute Gasteiger partial charge is 0.508 e. The molecule has 1 aromatic carbocycles. The van der Waals surface area contributed by atoms with Crippen LogP contribution in [0.3, 0.4) is 0 Å². The van der Waals surface area contributed by atoms with E-state index in [1.807, 2.05) is 7.05 Å². The second-order valence-electron chi connectivity index (χ2n) is 6.96. The van der Waals surface area contributed by atoms with Gasteiger partial charge in [-0.25, -0.2) is 4.98 Å². The predicted octanol–water partition coefficient (Wildman–Crippen LogP) is 4.16. The quantitative estimate of drug-likeness (QED) is 0.490. The first kappa shape index (κ1) is 23.5. The number of nitrogens with one attached hydrogen (secondary N) is 2. The highest BCUT2D eigenvalue weighted by Gasteiger charge is 2.22. The molecule has 3 heterocycles. The third-order valence-corrected chi connectivity index (χ3v) is 7.01. The van der Waals surface area contributed by atoms with Crippen molar-refractivity contribution in [2.75, 3.05) is 18.9 Å². The molecular formula is C20H20Cl2N4O3S2. The Bertz CT molecular complexity index is 1120. The first-order chi connectivity index (χ1) is 14.4. The number of nitrogens with zero attached hydrogens (tertiary/aromatic N) is 2. The van der Waals surface area contributed by atoms with Crippen LogP contribution in [0.25, 0.3) is 0 Å². The van der Waals surface area contributed by atoms with Gasteiger partial charge in [-0.2, -0.15) is 0 Å². The van der Waals surface area contributed by atoms with E-state index in [9.17, 15) is 14.7 Å². The van der Waals surface area contributed by atoms with Gasteiger partial charge in [0.2, 0.25) is 0 Å². The number of thiophene rings is 1. The lowest BCUT2D eigenvalue weighted by Gasteiger charge is -2.20. The van der Waals surface area contributed by atoms with Crippen LogP contribution in [0.15, 0.2) is 30.3 Å². The Balaban J connectivity index is 0.00000272. The summed E-state index contributed by atoms with van der Waals surface area (Å²) in [6.07, 6.45) is 0.825. The lowest BCUT2D eigenvalue weighted by atomic mass is 10.1. The van der Waals surface area contributed by atoms with Gasteiger partial charge in [-0.1, -0.05) is 17.7 Å². The molecule has 31 heavy (non-hydrogen) atoms. The maximum atomic E-state index is 12.8. The number of thiazole rings is 1. The molecule has 0 atom stereocenters. The third kappa shape index (κ3) is 5.55. The van der Waals surface area contributed by atoms with Crippen LogP contribution >= 0.6 is 46.7 Å². The van der Waals surface area contributed by atoms with Crippen LogP contribution in [0.1, 0.15) is 35.6 Å². The molecule has 2 amide bonds. The van der Waals surface area contributed by atoms with E-state index in [0.29, 0.717) is 25.5 Å². The number of carbonyl (C=O) groups excluding carboxylic acids is 2. The number of hydrogen-bond acceptors (Lipinski definition) is 7. The van der Waals surface area contributed by atoms with Crippen molar-refractivity contribution in [3.05, 3.63) is 60.7 Å². The number of halogens is 2. The first-order valence-corrected chi connectivity index (χ1v) is 11.2. The number of rotatable bonds is 5. The summed E-state index contributed by atoms with van der Waals surface area (Å²) in [6.45, 7) is 1.89. The minimum atomic E-state index is -0.333. The molecule has 1 aliphatic heterocycles. The van der Waals surface area contributed by atoms with E-state index in [1.54, 1.807) is 18.2 Å². The summed E-state index contributed by atoms with van der Waals surface area (Å²) in [5.74, 6) is -0.570. The number of likely N-dealkylation sites (N-methyl/N-ethyl adjacent to an activating group) is 1. The van der Waals surface area contributed by atoms with Crippen molar-refractivity contribution in [1.82, 2.24) is 15.2 Å². The fourth-order valence-corrected chi connectivity index (χ4v) is 5.17. The van der Waals surface area contributed by atoms with Crippen LogP contribution in [0.4, 0.5) is 5.69 Å². The molecule has 0 fully saturated rings. The monoisotopic (exact) mass is 498 g/mol. The third-order valence-electron chi connectivity index (χ3n) is 4.69. The number of fused-ring (bicyclic) bond motifs is 1. The second-order valence-corrected chi connectivity index (χ2v) is 9.76. The molecule has 0 bridgehead atoms. The Hall–Kier alpha value is -2.17. The van der Waals surface area contributed by atoms with Gasteiger partial charge in [0.25, 0.3) is 11.8 Å². The number of hydrogen-bond donors (Lipinski definition) is 3. The SMILES string of the molecule is CN1CCc2nc(C(=O)Nc3cc(O)ccc3CNC(=O)c3ccc(Cl)s3)sc2C1.Cl. The summed E-state index contributed by atoms with van der Waals surface area (Å²) in [5, 5.41) is 15.9. The molecule has 0 saturated heterocycles. The Kier molecular flexibility index (Phi) is 7.55. The first-order valence-electron chi connectivity index (χ1n) is 9.23. The van der Waals surface area contributed by atoms with Crippen molar-refractivity contribution in [1.29, 1.82) is 0 Å². The van der Waals surface area contributed by atoms with Crippen LogP contribution < -0.4 is 10.6 Å². The molecule has 0 unspecified atom stereocenters. The van der Waals surface area contributed by atoms with Gasteiger partial charge in [0.1, 0.15) is 5.75 Å². The van der Waals surface area contributed by atoms with Crippen LogP contribution in [-0.2, 0) is 19.5 Å². The minimum absolute atomic E-state index is 0. The predicted molar refractivity (Wildman–Crippen MR) is 126 cm³/mol. The Labute approximate surface area is 198 Å². The standard InChI is InChI=1S/C20H19ClN4O3S2.ClH/c1-25-7-6-13-16(10-25)30-20(24-13)19(28)23-14-8-12(26)3-2-11(14)9-22-18(27)15-4-5-17(21)29-15;/h2-5,8,26H,6-7,9-10H2,1H3,(H,22,27)(H,23,28);1H. The fourth-order valence-electron chi connectivity index (χ4n) is 3.13. The van der Waals surface area contributed by atoms with E-state index in [0.717, 1.165) is 30.1 Å². The van der Waals surface area contributed by atoms with Crippen molar-refractivity contribution in [3.63, 3.8) is 0 Å². The molecule has 0 saturated carbocycles. The fraction of sp³-hybridized carbons (Fsp3) is 0.250. The van der Waals surface area contributed by atoms with Crippen molar-refractivity contribution in [2.45, 2.75) is 19.5 Å². The van der Waals surface area contributed by atoms with Crippen LogP contribution in [0.2, 0.25) is 4.34 Å². The van der Waals surface area contributed by atoms with E-state index in [-0.39, 0.29) is 36.5 Å². The smallest absolute Gasteiger partial charge is 0.284 e. The van der Waals surface area contributed by atoms with Crippen LogP contribution in [0, 0.1) is 0 Å². The molecule has 2 aromatic heterocycles. The summed E-state index contributed by atoms with van der Waals surface area (Å²) < 4.78 is 0.537. The number of aromatic nitrogens is 1. The zero-order valence-corrected chi connectivity index (χ0v) is 19.7. The van der Waals surface area contributed by atoms with E-state index in [4.69, 9.17) is 11.6 Å². The number of anilines is 1. The topological polar surface area (TPSA) is 94.6 Å². The van der Waals surface area contributed by atoms with E-state index >= 15 is 0 Å². The maximum absolute atomic E-state index is 12.8. The van der Waals surface area contributed by atoms with E-state index < -0.39 is 0 Å². The van der Waals surface area contributed by atoms with Crippen LogP contribution in [0.5, 0.6) is 5.75 Å². The summed E-state index contributed by atoms with van der Waals surface area (Å²) in [6, 6.07) is 7.95. The van der Waals surface area contributed by atoms with E-state index in [1.165, 1.54) is 34.8 Å². The number of carbonyl (C=O) groups is 2. The Morgan fingerprint density at radius 2 is 2.03 bits per heavy atom. The zero-order valence-electron chi connectivity index (χ0n) is 16.5. The lowest BCUT2D eigenvalue weighted by Crippen LogP contribution is -2.25. The van der Waals surface area contributed by atoms with Gasteiger partial charge in [-0.3, -0.25) is 9.59 Å². The summed E-state index contributed by atoms with van der Waals surface area (Å²) >= 11 is 8.46. The molecule has 1 aliphatic rings.